The first-order valence-corrected chi connectivity index (χ1v) is 10.6. The molecule has 0 saturated heterocycles. The van der Waals surface area contributed by atoms with Gasteiger partial charge in [0.1, 0.15) is 12.4 Å². The molecule has 0 unspecified atom stereocenters. The summed E-state index contributed by atoms with van der Waals surface area (Å²) in [6, 6.07) is 12.4. The normalized spacial score (nSPS) is 11.1. The summed E-state index contributed by atoms with van der Waals surface area (Å²) >= 11 is 0. The van der Waals surface area contributed by atoms with Gasteiger partial charge in [-0.15, -0.1) is 0 Å². The van der Waals surface area contributed by atoms with E-state index in [0.717, 1.165) is 16.9 Å². The molecule has 146 valence electrons. The van der Waals surface area contributed by atoms with Crippen LogP contribution in [-0.4, -0.2) is 33.2 Å². The zero-order valence-corrected chi connectivity index (χ0v) is 16.7. The minimum absolute atomic E-state index is 0.0408. The van der Waals surface area contributed by atoms with Gasteiger partial charge in [0, 0.05) is 11.3 Å². The third-order valence-electron chi connectivity index (χ3n) is 3.91. The Balaban J connectivity index is 1.90. The van der Waals surface area contributed by atoms with Crippen LogP contribution in [0.4, 0.5) is 5.69 Å². The summed E-state index contributed by atoms with van der Waals surface area (Å²) in [4.78, 5) is 12.3. The molecule has 1 amide bonds. The van der Waals surface area contributed by atoms with Crippen molar-refractivity contribution in [3.05, 3.63) is 59.2 Å². The molecule has 27 heavy (non-hydrogen) atoms. The first kappa shape index (κ1) is 20.8. The fourth-order valence-electron chi connectivity index (χ4n) is 2.67. The lowest BCUT2D eigenvalue weighted by molar-refractivity contribution is 0.0947. The van der Waals surface area contributed by atoms with Crippen molar-refractivity contribution in [1.82, 2.24) is 5.32 Å². The highest BCUT2D eigenvalue weighted by Crippen LogP contribution is 2.22. The Bertz CT molecular complexity index is 874. The highest BCUT2D eigenvalue weighted by atomic mass is 32.2. The quantitative estimate of drug-likeness (QED) is 0.644. The molecule has 6 nitrogen and oxygen atoms in total. The average Bonchev–Trinajstić information content (AvgIpc) is 2.60. The molecule has 2 aromatic carbocycles. The van der Waals surface area contributed by atoms with Crippen molar-refractivity contribution in [2.75, 3.05) is 23.6 Å². The summed E-state index contributed by atoms with van der Waals surface area (Å²) in [7, 11) is -3.39. The summed E-state index contributed by atoms with van der Waals surface area (Å²) in [5.41, 5.74) is 2.86. The van der Waals surface area contributed by atoms with Crippen molar-refractivity contribution in [2.24, 2.45) is 0 Å². The standard InChI is InChI=1S/C20H26N2O4S/c1-4-13-27(24,25)22-18-10-6-9-17(14-18)20(23)21-11-12-26-19-15(2)7-5-8-16(19)3/h5-10,14,22H,4,11-13H2,1-3H3,(H,21,23). The van der Waals surface area contributed by atoms with Gasteiger partial charge < -0.3 is 10.1 Å². The predicted octanol–water partition coefficient (Wildman–Crippen LogP) is 3.26. The van der Waals surface area contributed by atoms with Gasteiger partial charge in [0.05, 0.1) is 12.3 Å². The van der Waals surface area contributed by atoms with Crippen LogP contribution in [0.15, 0.2) is 42.5 Å². The van der Waals surface area contributed by atoms with Gasteiger partial charge in [-0.1, -0.05) is 31.2 Å². The summed E-state index contributed by atoms with van der Waals surface area (Å²) < 4.78 is 32.0. The van der Waals surface area contributed by atoms with Crippen LogP contribution in [0.2, 0.25) is 0 Å². The third kappa shape index (κ3) is 6.29. The zero-order valence-electron chi connectivity index (χ0n) is 15.9. The molecule has 0 aromatic heterocycles. The number of hydrogen-bond acceptors (Lipinski definition) is 4. The Morgan fingerprint density at radius 3 is 2.41 bits per heavy atom. The summed E-state index contributed by atoms with van der Waals surface area (Å²) in [6.45, 7) is 6.44. The zero-order chi connectivity index (χ0) is 19.9. The molecule has 0 spiro atoms. The highest BCUT2D eigenvalue weighted by molar-refractivity contribution is 7.92. The van der Waals surface area contributed by atoms with Gasteiger partial charge in [0.15, 0.2) is 0 Å². The molecule has 0 bridgehead atoms. The van der Waals surface area contributed by atoms with E-state index < -0.39 is 10.0 Å². The molecule has 2 N–H and O–H groups in total. The smallest absolute Gasteiger partial charge is 0.251 e. The molecule has 2 rings (SSSR count). The number of carbonyl (C=O) groups is 1. The van der Waals surface area contributed by atoms with E-state index in [1.165, 1.54) is 6.07 Å². The number of rotatable bonds is 9. The lowest BCUT2D eigenvalue weighted by atomic mass is 10.1. The van der Waals surface area contributed by atoms with E-state index in [-0.39, 0.29) is 11.7 Å². The van der Waals surface area contributed by atoms with Gasteiger partial charge in [-0.2, -0.15) is 0 Å². The van der Waals surface area contributed by atoms with Crippen molar-refractivity contribution in [3.8, 4) is 5.75 Å². The van der Waals surface area contributed by atoms with E-state index in [2.05, 4.69) is 10.0 Å². The van der Waals surface area contributed by atoms with E-state index in [0.29, 0.717) is 30.8 Å². The number of carbonyl (C=O) groups excluding carboxylic acids is 1. The molecule has 7 heteroatoms. The van der Waals surface area contributed by atoms with Crippen LogP contribution < -0.4 is 14.8 Å². The number of nitrogens with one attached hydrogen (secondary N) is 2. The number of hydrogen-bond donors (Lipinski definition) is 2. The second-order valence-electron chi connectivity index (χ2n) is 6.33. The Morgan fingerprint density at radius 1 is 1.07 bits per heavy atom. The number of aryl methyl sites for hydroxylation is 2. The van der Waals surface area contributed by atoms with Gasteiger partial charge >= 0.3 is 0 Å². The third-order valence-corrected chi connectivity index (χ3v) is 5.41. The Morgan fingerprint density at radius 2 is 1.74 bits per heavy atom. The summed E-state index contributed by atoms with van der Waals surface area (Å²) in [6.07, 6.45) is 0.524. The molecule has 0 aliphatic carbocycles. The van der Waals surface area contributed by atoms with Gasteiger partial charge in [-0.05, 0) is 49.6 Å². The maximum atomic E-state index is 12.3. The molecular formula is C20H26N2O4S. The van der Waals surface area contributed by atoms with Gasteiger partial charge in [-0.25, -0.2) is 8.42 Å². The minimum atomic E-state index is -3.39. The summed E-state index contributed by atoms with van der Waals surface area (Å²) in [5, 5.41) is 2.78. The topological polar surface area (TPSA) is 84.5 Å². The van der Waals surface area contributed by atoms with Gasteiger partial charge in [-0.3, -0.25) is 9.52 Å². The fourth-order valence-corrected chi connectivity index (χ4v) is 3.80. The molecule has 0 radical (unpaired) electrons. The van der Waals surface area contributed by atoms with E-state index in [9.17, 15) is 13.2 Å². The number of ether oxygens (including phenoxy) is 1. The van der Waals surface area contributed by atoms with Gasteiger partial charge in [0.25, 0.3) is 5.91 Å². The lowest BCUT2D eigenvalue weighted by Gasteiger charge is -2.13. The number of sulfonamides is 1. The Hall–Kier alpha value is -2.54. The molecule has 0 heterocycles. The van der Waals surface area contributed by atoms with Crippen LogP contribution in [0.3, 0.4) is 0 Å². The molecular weight excluding hydrogens is 364 g/mol. The van der Waals surface area contributed by atoms with Crippen LogP contribution in [0.1, 0.15) is 34.8 Å². The van der Waals surface area contributed by atoms with Crippen LogP contribution >= 0.6 is 0 Å². The maximum absolute atomic E-state index is 12.3. The van der Waals surface area contributed by atoms with E-state index in [1.807, 2.05) is 32.0 Å². The number of anilines is 1. The number of para-hydroxylation sites is 1. The second kappa shape index (κ2) is 9.41. The number of benzene rings is 2. The van der Waals surface area contributed by atoms with Crippen molar-refractivity contribution >= 4 is 21.6 Å². The fraction of sp³-hybridized carbons (Fsp3) is 0.350. The minimum Gasteiger partial charge on any atom is -0.491 e. The first-order chi connectivity index (χ1) is 12.8. The monoisotopic (exact) mass is 390 g/mol. The molecule has 0 saturated carbocycles. The highest BCUT2D eigenvalue weighted by Gasteiger charge is 2.11. The predicted molar refractivity (Wildman–Crippen MR) is 108 cm³/mol. The summed E-state index contributed by atoms with van der Waals surface area (Å²) in [5.74, 6) is 0.592. The van der Waals surface area contributed by atoms with Crippen LogP contribution in [0.5, 0.6) is 5.75 Å². The van der Waals surface area contributed by atoms with Crippen LogP contribution in [0.25, 0.3) is 0 Å². The van der Waals surface area contributed by atoms with Crippen molar-refractivity contribution < 1.29 is 17.9 Å². The first-order valence-electron chi connectivity index (χ1n) is 8.90. The lowest BCUT2D eigenvalue weighted by Crippen LogP contribution is -2.28. The molecule has 0 aliphatic heterocycles. The average molecular weight is 391 g/mol. The van der Waals surface area contributed by atoms with Crippen LogP contribution in [0, 0.1) is 13.8 Å². The van der Waals surface area contributed by atoms with Crippen molar-refractivity contribution in [1.29, 1.82) is 0 Å². The molecule has 0 aliphatic rings. The van der Waals surface area contributed by atoms with Gasteiger partial charge in [0.2, 0.25) is 10.0 Å². The Labute approximate surface area is 161 Å². The molecule has 2 aromatic rings. The van der Waals surface area contributed by atoms with E-state index in [4.69, 9.17) is 4.74 Å². The van der Waals surface area contributed by atoms with Crippen LogP contribution in [-0.2, 0) is 10.0 Å². The van der Waals surface area contributed by atoms with E-state index >= 15 is 0 Å². The molecule has 0 fully saturated rings. The van der Waals surface area contributed by atoms with E-state index in [1.54, 1.807) is 25.1 Å². The largest absolute Gasteiger partial charge is 0.491 e. The number of amides is 1. The SMILES string of the molecule is CCCS(=O)(=O)Nc1cccc(C(=O)NCCOc2c(C)cccc2C)c1. The molecule has 0 atom stereocenters. The van der Waals surface area contributed by atoms with Crippen molar-refractivity contribution in [3.63, 3.8) is 0 Å². The Kier molecular flexibility index (Phi) is 7.24. The second-order valence-corrected chi connectivity index (χ2v) is 8.17. The van der Waals surface area contributed by atoms with Crippen molar-refractivity contribution in [2.45, 2.75) is 27.2 Å². The maximum Gasteiger partial charge on any atom is 0.251 e.